The molecule has 26 heavy (non-hydrogen) atoms. The summed E-state index contributed by atoms with van der Waals surface area (Å²) in [6.07, 6.45) is 1.60. The van der Waals surface area contributed by atoms with Crippen LogP contribution >= 0.6 is 0 Å². The number of hydrogen-bond acceptors (Lipinski definition) is 5. The number of rotatable bonds is 6. The van der Waals surface area contributed by atoms with Gasteiger partial charge in [-0.1, -0.05) is 35.5 Å². The number of ether oxygens (including phenoxy) is 1. The van der Waals surface area contributed by atoms with Gasteiger partial charge in [0.2, 0.25) is 0 Å². The molecule has 0 unspecified atom stereocenters. The van der Waals surface area contributed by atoms with Crippen LogP contribution in [0.25, 0.3) is 0 Å². The van der Waals surface area contributed by atoms with Crippen molar-refractivity contribution in [1.82, 2.24) is 0 Å². The molecule has 1 heterocycles. The molecule has 0 aliphatic carbocycles. The van der Waals surface area contributed by atoms with Crippen molar-refractivity contribution in [3.8, 4) is 0 Å². The van der Waals surface area contributed by atoms with E-state index in [1.54, 1.807) is 6.21 Å². The highest BCUT2D eigenvalue weighted by molar-refractivity contribution is 5.92. The van der Waals surface area contributed by atoms with E-state index in [2.05, 4.69) is 27.5 Å². The number of oxime groups is 1. The molecule has 1 N–H and O–H groups in total. The Labute approximate surface area is 153 Å². The lowest BCUT2D eigenvalue weighted by atomic mass is 10.2. The van der Waals surface area contributed by atoms with E-state index in [-0.39, 0.29) is 12.5 Å². The number of amides is 1. The smallest absolute Gasteiger partial charge is 0.265 e. The number of morpholine rings is 1. The van der Waals surface area contributed by atoms with Crippen LogP contribution in [0.3, 0.4) is 0 Å². The zero-order valence-corrected chi connectivity index (χ0v) is 14.9. The van der Waals surface area contributed by atoms with Gasteiger partial charge in [0.05, 0.1) is 19.4 Å². The minimum atomic E-state index is -0.237. The number of nitrogens with one attached hydrogen (secondary N) is 1. The first-order valence-corrected chi connectivity index (χ1v) is 8.66. The number of carbonyl (C=O) groups is 1. The quantitative estimate of drug-likeness (QED) is 0.641. The monoisotopic (exact) mass is 353 g/mol. The lowest BCUT2D eigenvalue weighted by Crippen LogP contribution is -2.36. The summed E-state index contributed by atoms with van der Waals surface area (Å²) >= 11 is 0. The predicted molar refractivity (Wildman–Crippen MR) is 103 cm³/mol. The first-order chi connectivity index (χ1) is 12.7. The first-order valence-electron chi connectivity index (χ1n) is 8.66. The van der Waals surface area contributed by atoms with Crippen LogP contribution in [0, 0.1) is 6.92 Å². The van der Waals surface area contributed by atoms with Crippen LogP contribution in [0.2, 0.25) is 0 Å². The van der Waals surface area contributed by atoms with Gasteiger partial charge in [-0.05, 0) is 36.2 Å². The van der Waals surface area contributed by atoms with Crippen LogP contribution in [-0.2, 0) is 14.4 Å². The molecular formula is C20H23N3O3. The summed E-state index contributed by atoms with van der Waals surface area (Å²) in [5, 5.41) is 6.67. The highest BCUT2D eigenvalue weighted by Crippen LogP contribution is 2.16. The van der Waals surface area contributed by atoms with Crippen molar-refractivity contribution in [3.63, 3.8) is 0 Å². The van der Waals surface area contributed by atoms with E-state index in [0.29, 0.717) is 0 Å². The minimum Gasteiger partial charge on any atom is -0.386 e. The van der Waals surface area contributed by atoms with Crippen molar-refractivity contribution < 1.29 is 14.4 Å². The molecular weight excluding hydrogens is 330 g/mol. The molecule has 6 heteroatoms. The maximum Gasteiger partial charge on any atom is 0.265 e. The van der Waals surface area contributed by atoms with Crippen LogP contribution in [0.1, 0.15) is 11.1 Å². The molecule has 1 amide bonds. The zero-order valence-electron chi connectivity index (χ0n) is 14.9. The van der Waals surface area contributed by atoms with E-state index >= 15 is 0 Å². The third kappa shape index (κ3) is 5.07. The molecule has 6 nitrogen and oxygen atoms in total. The Balaban J connectivity index is 1.45. The highest BCUT2D eigenvalue weighted by Gasteiger charge is 2.10. The fourth-order valence-electron chi connectivity index (χ4n) is 2.69. The van der Waals surface area contributed by atoms with Crippen LogP contribution in [0.4, 0.5) is 11.4 Å². The van der Waals surface area contributed by atoms with Crippen molar-refractivity contribution in [2.24, 2.45) is 5.16 Å². The number of anilines is 2. The molecule has 0 spiro atoms. The van der Waals surface area contributed by atoms with Gasteiger partial charge in [-0.15, -0.1) is 0 Å². The number of hydrogen-bond donors (Lipinski definition) is 1. The molecule has 2 aromatic rings. The van der Waals surface area contributed by atoms with Gasteiger partial charge in [-0.3, -0.25) is 4.79 Å². The molecule has 0 radical (unpaired) electrons. The average Bonchev–Trinajstić information content (AvgIpc) is 2.68. The van der Waals surface area contributed by atoms with Gasteiger partial charge in [-0.2, -0.15) is 0 Å². The fourth-order valence-corrected chi connectivity index (χ4v) is 2.69. The van der Waals surface area contributed by atoms with E-state index < -0.39 is 0 Å². The Morgan fingerprint density at radius 2 is 1.92 bits per heavy atom. The van der Waals surface area contributed by atoms with Crippen LogP contribution < -0.4 is 10.2 Å². The number of nitrogens with zero attached hydrogens (tertiary/aromatic N) is 2. The van der Waals surface area contributed by atoms with Crippen molar-refractivity contribution in [1.29, 1.82) is 0 Å². The van der Waals surface area contributed by atoms with E-state index in [1.165, 1.54) is 5.69 Å². The first kappa shape index (κ1) is 17.9. The van der Waals surface area contributed by atoms with Gasteiger partial charge in [0.1, 0.15) is 0 Å². The van der Waals surface area contributed by atoms with Gasteiger partial charge < -0.3 is 19.8 Å². The third-order valence-corrected chi connectivity index (χ3v) is 4.16. The van der Waals surface area contributed by atoms with E-state index in [9.17, 15) is 4.79 Å². The summed E-state index contributed by atoms with van der Waals surface area (Å²) in [5.74, 6) is -0.237. The molecule has 0 bridgehead atoms. The summed E-state index contributed by atoms with van der Waals surface area (Å²) in [6, 6.07) is 15.7. The average molecular weight is 353 g/mol. The van der Waals surface area contributed by atoms with Gasteiger partial charge in [0, 0.05) is 24.5 Å². The van der Waals surface area contributed by atoms with Crippen LogP contribution in [-0.4, -0.2) is 45.0 Å². The van der Waals surface area contributed by atoms with Crippen LogP contribution in [0.15, 0.2) is 53.7 Å². The molecule has 136 valence electrons. The molecule has 1 saturated heterocycles. The number of carbonyl (C=O) groups excluding carboxylic acids is 1. The van der Waals surface area contributed by atoms with Gasteiger partial charge in [0.25, 0.3) is 5.91 Å². The second-order valence-electron chi connectivity index (χ2n) is 6.06. The Bertz CT molecular complexity index is 753. The molecule has 0 saturated carbocycles. The molecule has 1 fully saturated rings. The summed E-state index contributed by atoms with van der Waals surface area (Å²) in [5.41, 5.74) is 3.87. The molecule has 1 aliphatic heterocycles. The second-order valence-corrected chi connectivity index (χ2v) is 6.06. The topological polar surface area (TPSA) is 63.2 Å². The number of aryl methyl sites for hydroxylation is 1. The SMILES string of the molecule is Cc1ccccc1NC(=O)CON=Cc1ccc(N2CCOCC2)cc1. The summed E-state index contributed by atoms with van der Waals surface area (Å²) < 4.78 is 5.36. The molecule has 1 aliphatic rings. The fraction of sp³-hybridized carbons (Fsp3) is 0.300. The number of para-hydroxylation sites is 1. The van der Waals surface area contributed by atoms with Crippen molar-refractivity contribution in [2.75, 3.05) is 43.1 Å². The summed E-state index contributed by atoms with van der Waals surface area (Å²) in [7, 11) is 0. The summed E-state index contributed by atoms with van der Waals surface area (Å²) in [6.45, 7) is 5.16. The van der Waals surface area contributed by atoms with Gasteiger partial charge in [-0.25, -0.2) is 0 Å². The zero-order chi connectivity index (χ0) is 18.2. The van der Waals surface area contributed by atoms with Crippen LogP contribution in [0.5, 0.6) is 0 Å². The normalized spacial score (nSPS) is 14.4. The lowest BCUT2D eigenvalue weighted by molar-refractivity contribution is -0.120. The van der Waals surface area contributed by atoms with Gasteiger partial charge >= 0.3 is 0 Å². The standard InChI is InChI=1S/C20H23N3O3/c1-16-4-2-3-5-19(16)22-20(24)15-26-21-14-17-6-8-18(9-7-17)23-10-12-25-13-11-23/h2-9,14H,10-13,15H2,1H3,(H,22,24). The Morgan fingerprint density at radius 3 is 2.65 bits per heavy atom. The van der Waals surface area contributed by atoms with Crippen molar-refractivity contribution >= 4 is 23.5 Å². The minimum absolute atomic E-state index is 0.128. The maximum atomic E-state index is 11.9. The molecule has 2 aromatic carbocycles. The van der Waals surface area contributed by atoms with Crippen molar-refractivity contribution in [3.05, 3.63) is 59.7 Å². The third-order valence-electron chi connectivity index (χ3n) is 4.16. The highest BCUT2D eigenvalue weighted by atomic mass is 16.6. The largest absolute Gasteiger partial charge is 0.386 e. The molecule has 3 rings (SSSR count). The second kappa shape index (κ2) is 9.01. The molecule has 0 atom stereocenters. The van der Waals surface area contributed by atoms with E-state index in [4.69, 9.17) is 9.57 Å². The Morgan fingerprint density at radius 1 is 1.19 bits per heavy atom. The van der Waals surface area contributed by atoms with Gasteiger partial charge in [0.15, 0.2) is 6.61 Å². The lowest BCUT2D eigenvalue weighted by Gasteiger charge is -2.28. The van der Waals surface area contributed by atoms with E-state index in [1.807, 2.05) is 43.3 Å². The maximum absolute atomic E-state index is 11.9. The van der Waals surface area contributed by atoms with E-state index in [0.717, 1.165) is 43.1 Å². The number of benzene rings is 2. The Kier molecular flexibility index (Phi) is 6.22. The molecule has 0 aromatic heterocycles. The summed E-state index contributed by atoms with van der Waals surface area (Å²) in [4.78, 5) is 19.2. The predicted octanol–water partition coefficient (Wildman–Crippen LogP) is 2.82. The van der Waals surface area contributed by atoms with Crippen molar-refractivity contribution in [2.45, 2.75) is 6.92 Å². The Hall–Kier alpha value is -2.86.